The van der Waals surface area contributed by atoms with Crippen molar-refractivity contribution in [1.29, 1.82) is 0 Å². The van der Waals surface area contributed by atoms with Crippen LogP contribution in [0.5, 0.6) is 0 Å². The molecule has 1 unspecified atom stereocenters. The van der Waals surface area contributed by atoms with Crippen molar-refractivity contribution < 1.29 is 22.8 Å². The fraction of sp³-hybridized carbons (Fsp3) is 0.318. The lowest BCUT2D eigenvalue weighted by Crippen LogP contribution is -2.63. The molecule has 2 N–H and O–H groups in total. The molecule has 3 amide bonds. The van der Waals surface area contributed by atoms with E-state index in [1.54, 1.807) is 55.1 Å². The maximum Gasteiger partial charge on any atom is 0.258 e. The summed E-state index contributed by atoms with van der Waals surface area (Å²) in [4.78, 5) is 41.8. The molecule has 0 bridgehead atoms. The van der Waals surface area contributed by atoms with Gasteiger partial charge in [-0.1, -0.05) is 18.2 Å². The standard InChI is InChI=1S/C22H24N4O5S/c1-14-8-9-15(12-17(14)24-32(3,30)31)23-19(27)13-25-21(29)16-6-4-5-7-18(16)26-20(28)10-11-22(25,26)2/h4-9,12,24H,10-11,13H2,1-3H3,(H,23,27). The lowest BCUT2D eigenvalue weighted by atomic mass is 9.98. The number of carbonyl (C=O) groups excluding carboxylic acids is 3. The van der Waals surface area contributed by atoms with Gasteiger partial charge in [0.15, 0.2) is 0 Å². The Morgan fingerprint density at radius 2 is 1.88 bits per heavy atom. The summed E-state index contributed by atoms with van der Waals surface area (Å²) in [6, 6.07) is 11.8. The molecule has 2 aliphatic heterocycles. The highest BCUT2D eigenvalue weighted by atomic mass is 32.2. The van der Waals surface area contributed by atoms with E-state index >= 15 is 0 Å². The average Bonchev–Trinajstić information content (AvgIpc) is 3.02. The number of aryl methyl sites for hydroxylation is 1. The van der Waals surface area contributed by atoms with Crippen LogP contribution in [0.3, 0.4) is 0 Å². The Bertz CT molecular complexity index is 1240. The first kappa shape index (κ1) is 21.8. The number of nitrogens with one attached hydrogen (secondary N) is 2. The van der Waals surface area contributed by atoms with Gasteiger partial charge < -0.3 is 10.2 Å². The third-order valence-corrected chi connectivity index (χ3v) is 6.45. The zero-order valence-electron chi connectivity index (χ0n) is 18.0. The molecule has 2 aliphatic rings. The lowest BCUT2D eigenvalue weighted by Gasteiger charge is -2.48. The van der Waals surface area contributed by atoms with Crippen LogP contribution in [0.4, 0.5) is 17.1 Å². The molecule has 1 saturated heterocycles. The Balaban J connectivity index is 1.59. The molecule has 1 fully saturated rings. The highest BCUT2D eigenvalue weighted by Crippen LogP contribution is 2.43. The van der Waals surface area contributed by atoms with E-state index in [0.717, 1.165) is 6.26 Å². The van der Waals surface area contributed by atoms with Crippen LogP contribution in [0.25, 0.3) is 0 Å². The molecule has 32 heavy (non-hydrogen) atoms. The zero-order chi connectivity index (χ0) is 23.3. The summed E-state index contributed by atoms with van der Waals surface area (Å²) in [5, 5.41) is 2.72. The molecule has 4 rings (SSSR count). The van der Waals surface area contributed by atoms with Crippen molar-refractivity contribution in [3.8, 4) is 0 Å². The maximum atomic E-state index is 13.2. The molecule has 0 aliphatic carbocycles. The van der Waals surface area contributed by atoms with E-state index < -0.39 is 21.6 Å². The van der Waals surface area contributed by atoms with Crippen LogP contribution in [0.15, 0.2) is 42.5 Å². The molecule has 9 nitrogen and oxygen atoms in total. The van der Waals surface area contributed by atoms with E-state index in [9.17, 15) is 22.8 Å². The molecular weight excluding hydrogens is 432 g/mol. The van der Waals surface area contributed by atoms with Gasteiger partial charge in [-0.2, -0.15) is 0 Å². The highest BCUT2D eigenvalue weighted by molar-refractivity contribution is 7.92. The molecule has 0 aromatic heterocycles. The predicted molar refractivity (Wildman–Crippen MR) is 121 cm³/mol. The normalized spacial score (nSPS) is 20.1. The van der Waals surface area contributed by atoms with E-state index in [-0.39, 0.29) is 24.8 Å². The Kier molecular flexibility index (Phi) is 5.20. The number of sulfonamides is 1. The van der Waals surface area contributed by atoms with Gasteiger partial charge in [0.25, 0.3) is 5.91 Å². The number of hydrogen-bond donors (Lipinski definition) is 2. The summed E-state index contributed by atoms with van der Waals surface area (Å²) in [6.45, 7) is 3.28. The molecular formula is C22H24N4O5S. The van der Waals surface area contributed by atoms with E-state index in [4.69, 9.17) is 0 Å². The molecule has 0 radical (unpaired) electrons. The first-order valence-electron chi connectivity index (χ1n) is 10.1. The van der Waals surface area contributed by atoms with Crippen LogP contribution < -0.4 is 14.9 Å². The number of carbonyl (C=O) groups is 3. The molecule has 2 aromatic carbocycles. The molecule has 168 valence electrons. The second-order valence-electron chi connectivity index (χ2n) is 8.31. The molecule has 2 aromatic rings. The van der Waals surface area contributed by atoms with Gasteiger partial charge in [-0.15, -0.1) is 0 Å². The number of rotatable bonds is 5. The number of anilines is 3. The Hall–Kier alpha value is -3.40. The molecule has 1 atom stereocenters. The summed E-state index contributed by atoms with van der Waals surface area (Å²) in [5.41, 5.74) is 1.45. The molecule has 0 saturated carbocycles. The van der Waals surface area contributed by atoms with E-state index in [1.807, 2.05) is 0 Å². The van der Waals surface area contributed by atoms with E-state index in [1.165, 1.54) is 11.0 Å². The quantitative estimate of drug-likeness (QED) is 0.716. The SMILES string of the molecule is Cc1ccc(NC(=O)CN2C(=O)c3ccccc3N3C(=O)CCC23C)cc1NS(C)(=O)=O. The van der Waals surface area contributed by atoms with Crippen molar-refractivity contribution in [2.75, 3.05) is 27.7 Å². The first-order chi connectivity index (χ1) is 15.0. The smallest absolute Gasteiger partial charge is 0.258 e. The third-order valence-electron chi connectivity index (χ3n) is 5.86. The summed E-state index contributed by atoms with van der Waals surface area (Å²) in [5.74, 6) is -0.854. The highest BCUT2D eigenvalue weighted by Gasteiger charge is 2.53. The van der Waals surface area contributed by atoms with Crippen LogP contribution in [0.2, 0.25) is 0 Å². The van der Waals surface area contributed by atoms with Gasteiger partial charge in [-0.25, -0.2) is 8.42 Å². The fourth-order valence-electron chi connectivity index (χ4n) is 4.29. The molecule has 10 heteroatoms. The second-order valence-corrected chi connectivity index (χ2v) is 10.1. The Morgan fingerprint density at radius 1 is 1.16 bits per heavy atom. The van der Waals surface area contributed by atoms with Gasteiger partial charge in [0.1, 0.15) is 12.2 Å². The van der Waals surface area contributed by atoms with E-state index in [0.29, 0.717) is 34.6 Å². The van der Waals surface area contributed by atoms with Crippen molar-refractivity contribution in [1.82, 2.24) is 4.90 Å². The minimum atomic E-state index is -3.48. The minimum Gasteiger partial charge on any atom is -0.324 e. The largest absolute Gasteiger partial charge is 0.324 e. The minimum absolute atomic E-state index is 0.0899. The number of para-hydroxylation sites is 1. The number of benzene rings is 2. The second kappa shape index (κ2) is 7.63. The van der Waals surface area contributed by atoms with Gasteiger partial charge in [0.05, 0.1) is 23.2 Å². The Labute approximate surface area is 186 Å². The maximum absolute atomic E-state index is 13.2. The zero-order valence-corrected chi connectivity index (χ0v) is 18.8. The van der Waals surface area contributed by atoms with Crippen molar-refractivity contribution in [2.24, 2.45) is 0 Å². The Morgan fingerprint density at radius 3 is 2.59 bits per heavy atom. The number of amides is 3. The third kappa shape index (κ3) is 3.81. The van der Waals surface area contributed by atoms with Gasteiger partial charge >= 0.3 is 0 Å². The predicted octanol–water partition coefficient (Wildman–Crippen LogP) is 2.30. The van der Waals surface area contributed by atoms with Gasteiger partial charge in [0, 0.05) is 12.1 Å². The fourth-order valence-corrected chi connectivity index (χ4v) is 4.91. The monoisotopic (exact) mass is 456 g/mol. The van der Waals surface area contributed by atoms with Crippen LogP contribution in [0, 0.1) is 6.92 Å². The van der Waals surface area contributed by atoms with E-state index in [2.05, 4.69) is 10.0 Å². The molecule has 2 heterocycles. The average molecular weight is 457 g/mol. The van der Waals surface area contributed by atoms with Crippen molar-refractivity contribution in [3.05, 3.63) is 53.6 Å². The van der Waals surface area contributed by atoms with Crippen LogP contribution in [-0.4, -0.2) is 49.5 Å². The van der Waals surface area contributed by atoms with Gasteiger partial charge in [-0.05, 0) is 50.1 Å². The number of hydrogen-bond acceptors (Lipinski definition) is 5. The summed E-state index contributed by atoms with van der Waals surface area (Å²) >= 11 is 0. The van der Waals surface area contributed by atoms with Crippen molar-refractivity contribution in [2.45, 2.75) is 32.4 Å². The topological polar surface area (TPSA) is 116 Å². The van der Waals surface area contributed by atoms with Gasteiger partial charge in [-0.3, -0.25) is 24.0 Å². The lowest BCUT2D eigenvalue weighted by molar-refractivity contribution is -0.120. The first-order valence-corrected chi connectivity index (χ1v) is 12.0. The van der Waals surface area contributed by atoms with Gasteiger partial charge in [0.2, 0.25) is 21.8 Å². The molecule has 0 spiro atoms. The number of nitrogens with zero attached hydrogens (tertiary/aromatic N) is 2. The van der Waals surface area contributed by atoms with Crippen molar-refractivity contribution in [3.63, 3.8) is 0 Å². The van der Waals surface area contributed by atoms with Crippen LogP contribution in [-0.2, 0) is 19.6 Å². The van der Waals surface area contributed by atoms with Crippen molar-refractivity contribution >= 4 is 44.8 Å². The summed E-state index contributed by atoms with van der Waals surface area (Å²) in [7, 11) is -3.48. The summed E-state index contributed by atoms with van der Waals surface area (Å²) in [6.07, 6.45) is 1.76. The number of fused-ring (bicyclic) bond motifs is 3. The van der Waals surface area contributed by atoms with Crippen LogP contribution >= 0.6 is 0 Å². The summed E-state index contributed by atoms with van der Waals surface area (Å²) < 4.78 is 25.6. The van der Waals surface area contributed by atoms with Crippen LogP contribution in [0.1, 0.15) is 35.7 Å².